The Balaban J connectivity index is 2.07. The number of aromatic nitrogens is 3. The van der Waals surface area contributed by atoms with Gasteiger partial charge in [-0.2, -0.15) is 0 Å². The van der Waals surface area contributed by atoms with Crippen molar-refractivity contribution in [3.8, 4) is 11.5 Å². The summed E-state index contributed by atoms with van der Waals surface area (Å²) in [7, 11) is 5.15. The minimum absolute atomic E-state index is 0.264. The maximum atomic E-state index is 10.9. The first-order chi connectivity index (χ1) is 11.0. The number of hydrogen-bond acceptors (Lipinski definition) is 6. The van der Waals surface area contributed by atoms with E-state index in [0.717, 1.165) is 28.0 Å². The fourth-order valence-electron chi connectivity index (χ4n) is 2.06. The van der Waals surface area contributed by atoms with Crippen molar-refractivity contribution >= 4 is 17.7 Å². The van der Waals surface area contributed by atoms with Gasteiger partial charge in [0.2, 0.25) is 5.91 Å². The third-order valence-electron chi connectivity index (χ3n) is 3.36. The average Bonchev–Trinajstić information content (AvgIpc) is 2.90. The number of rotatable bonds is 8. The molecule has 0 spiro atoms. The number of carbonyl (C=O) groups is 1. The molecule has 23 heavy (non-hydrogen) atoms. The molecule has 124 valence electrons. The van der Waals surface area contributed by atoms with Crippen LogP contribution in [0.25, 0.3) is 0 Å². The third-order valence-corrected chi connectivity index (χ3v) is 4.43. The van der Waals surface area contributed by atoms with Gasteiger partial charge < -0.3 is 19.8 Å². The number of nitrogens with zero attached hydrogens (tertiary/aromatic N) is 3. The number of aryl methyl sites for hydroxylation is 1. The molecule has 2 rings (SSSR count). The van der Waals surface area contributed by atoms with Crippen LogP contribution < -0.4 is 15.2 Å². The van der Waals surface area contributed by atoms with E-state index in [-0.39, 0.29) is 12.3 Å². The van der Waals surface area contributed by atoms with Crippen molar-refractivity contribution in [1.29, 1.82) is 0 Å². The zero-order chi connectivity index (χ0) is 16.8. The molecule has 0 aliphatic heterocycles. The van der Waals surface area contributed by atoms with Crippen LogP contribution in [0.15, 0.2) is 23.4 Å². The van der Waals surface area contributed by atoms with E-state index in [4.69, 9.17) is 15.2 Å². The van der Waals surface area contributed by atoms with Crippen LogP contribution in [-0.2, 0) is 24.0 Å². The highest BCUT2D eigenvalue weighted by Gasteiger charge is 2.12. The van der Waals surface area contributed by atoms with Crippen molar-refractivity contribution < 1.29 is 14.3 Å². The second-order valence-electron chi connectivity index (χ2n) is 4.89. The van der Waals surface area contributed by atoms with Gasteiger partial charge in [-0.1, -0.05) is 11.8 Å². The van der Waals surface area contributed by atoms with E-state index in [2.05, 4.69) is 10.2 Å². The second-order valence-corrected chi connectivity index (χ2v) is 5.83. The minimum Gasteiger partial charge on any atom is -0.497 e. The molecule has 0 unspecified atom stereocenters. The monoisotopic (exact) mass is 336 g/mol. The van der Waals surface area contributed by atoms with E-state index in [9.17, 15) is 4.79 Å². The average molecular weight is 336 g/mol. The fraction of sp³-hybridized carbons (Fsp3) is 0.400. The smallest absolute Gasteiger partial charge is 0.217 e. The molecular formula is C15H20N4O3S. The summed E-state index contributed by atoms with van der Waals surface area (Å²) in [6, 6.07) is 5.68. The van der Waals surface area contributed by atoms with Gasteiger partial charge in [0, 0.05) is 31.2 Å². The fourth-order valence-corrected chi connectivity index (χ4v) is 2.97. The zero-order valence-electron chi connectivity index (χ0n) is 13.4. The first kappa shape index (κ1) is 17.1. The predicted octanol–water partition coefficient (Wildman–Crippen LogP) is 1.54. The van der Waals surface area contributed by atoms with Gasteiger partial charge in [-0.05, 0) is 18.2 Å². The lowest BCUT2D eigenvalue weighted by Crippen LogP contribution is -2.12. The largest absolute Gasteiger partial charge is 0.497 e. The van der Waals surface area contributed by atoms with Crippen LogP contribution in [0.2, 0.25) is 0 Å². The van der Waals surface area contributed by atoms with Crippen LogP contribution in [0.4, 0.5) is 0 Å². The molecule has 0 saturated carbocycles. The molecule has 1 heterocycles. The van der Waals surface area contributed by atoms with Crippen molar-refractivity contribution in [1.82, 2.24) is 14.8 Å². The van der Waals surface area contributed by atoms with E-state index < -0.39 is 0 Å². The second kappa shape index (κ2) is 7.87. The number of hydrogen-bond donors (Lipinski definition) is 1. The number of thioether (sulfide) groups is 1. The van der Waals surface area contributed by atoms with Gasteiger partial charge in [0.15, 0.2) is 5.16 Å². The Morgan fingerprint density at radius 1 is 1.30 bits per heavy atom. The summed E-state index contributed by atoms with van der Waals surface area (Å²) in [5, 5.41) is 9.04. The summed E-state index contributed by atoms with van der Waals surface area (Å²) < 4.78 is 12.5. The van der Waals surface area contributed by atoms with Crippen molar-refractivity contribution in [3.63, 3.8) is 0 Å². The predicted molar refractivity (Wildman–Crippen MR) is 87.6 cm³/mol. The summed E-state index contributed by atoms with van der Waals surface area (Å²) in [6.07, 6.45) is 0.752. The summed E-state index contributed by atoms with van der Waals surface area (Å²) >= 11 is 1.54. The Labute approximate surface area is 139 Å². The Kier molecular flexibility index (Phi) is 5.86. The molecular weight excluding hydrogens is 316 g/mol. The molecule has 0 bridgehead atoms. The molecule has 0 fully saturated rings. The highest BCUT2D eigenvalue weighted by Crippen LogP contribution is 2.30. The molecule has 0 saturated heterocycles. The summed E-state index contributed by atoms with van der Waals surface area (Å²) in [5.41, 5.74) is 6.18. The molecule has 0 aliphatic rings. The SMILES string of the molecule is COc1ccc(OC)c(CSc2nnc(CCC(N)=O)n2C)c1. The zero-order valence-corrected chi connectivity index (χ0v) is 14.2. The summed E-state index contributed by atoms with van der Waals surface area (Å²) in [4.78, 5) is 10.9. The quantitative estimate of drug-likeness (QED) is 0.735. The maximum absolute atomic E-state index is 10.9. The number of nitrogens with two attached hydrogens (primary N) is 1. The van der Waals surface area contributed by atoms with Crippen LogP contribution in [-0.4, -0.2) is 34.9 Å². The molecule has 1 aromatic carbocycles. The number of benzene rings is 1. The molecule has 1 amide bonds. The number of ether oxygens (including phenoxy) is 2. The van der Waals surface area contributed by atoms with Crippen molar-refractivity contribution in [2.45, 2.75) is 23.8 Å². The molecule has 2 N–H and O–H groups in total. The van der Waals surface area contributed by atoms with Crippen LogP contribution in [0.1, 0.15) is 17.8 Å². The Bertz CT molecular complexity index is 687. The molecule has 7 nitrogen and oxygen atoms in total. The van der Waals surface area contributed by atoms with Gasteiger partial charge in [0.25, 0.3) is 0 Å². The Morgan fingerprint density at radius 2 is 2.09 bits per heavy atom. The molecule has 1 aromatic heterocycles. The standard InChI is InChI=1S/C15H20N4O3S/c1-19-14(7-6-13(16)20)17-18-15(19)23-9-10-8-11(21-2)4-5-12(10)22-3/h4-5,8H,6-7,9H2,1-3H3,(H2,16,20). The van der Waals surface area contributed by atoms with Gasteiger partial charge >= 0.3 is 0 Å². The maximum Gasteiger partial charge on any atom is 0.217 e. The van der Waals surface area contributed by atoms with Crippen LogP contribution in [0.3, 0.4) is 0 Å². The molecule has 2 aromatic rings. The molecule has 0 aliphatic carbocycles. The van der Waals surface area contributed by atoms with Crippen molar-refractivity contribution in [3.05, 3.63) is 29.6 Å². The normalized spacial score (nSPS) is 10.6. The van der Waals surface area contributed by atoms with Gasteiger partial charge in [-0.15, -0.1) is 10.2 Å². The van der Waals surface area contributed by atoms with E-state index in [1.807, 2.05) is 29.8 Å². The van der Waals surface area contributed by atoms with E-state index in [1.54, 1.807) is 26.0 Å². The minimum atomic E-state index is -0.344. The lowest BCUT2D eigenvalue weighted by Gasteiger charge is -2.10. The molecule has 0 atom stereocenters. The Morgan fingerprint density at radius 3 is 2.74 bits per heavy atom. The van der Waals surface area contributed by atoms with E-state index in [0.29, 0.717) is 12.2 Å². The van der Waals surface area contributed by atoms with Gasteiger partial charge in [-0.25, -0.2) is 0 Å². The van der Waals surface area contributed by atoms with Gasteiger partial charge in [0.1, 0.15) is 17.3 Å². The van der Waals surface area contributed by atoms with Crippen molar-refractivity contribution in [2.75, 3.05) is 14.2 Å². The number of methoxy groups -OCH3 is 2. The number of primary amides is 1. The lowest BCUT2D eigenvalue weighted by molar-refractivity contribution is -0.118. The molecule has 0 radical (unpaired) electrons. The topological polar surface area (TPSA) is 92.3 Å². The Hall–Kier alpha value is -2.22. The summed E-state index contributed by atoms with van der Waals surface area (Å²) in [6.45, 7) is 0. The molecule has 8 heteroatoms. The third kappa shape index (κ3) is 4.38. The number of amides is 1. The first-order valence-electron chi connectivity index (χ1n) is 7.05. The lowest BCUT2D eigenvalue weighted by atomic mass is 10.2. The van der Waals surface area contributed by atoms with E-state index in [1.165, 1.54) is 0 Å². The first-order valence-corrected chi connectivity index (χ1v) is 8.04. The van der Waals surface area contributed by atoms with Crippen molar-refractivity contribution in [2.24, 2.45) is 12.8 Å². The highest BCUT2D eigenvalue weighted by molar-refractivity contribution is 7.98. The van der Waals surface area contributed by atoms with Gasteiger partial charge in [-0.3, -0.25) is 4.79 Å². The highest BCUT2D eigenvalue weighted by atomic mass is 32.2. The summed E-state index contributed by atoms with van der Waals surface area (Å²) in [5.74, 6) is 2.64. The number of carbonyl (C=O) groups excluding carboxylic acids is 1. The van der Waals surface area contributed by atoms with Gasteiger partial charge in [0.05, 0.1) is 14.2 Å². The van der Waals surface area contributed by atoms with Crippen LogP contribution in [0.5, 0.6) is 11.5 Å². The van der Waals surface area contributed by atoms with Crippen LogP contribution >= 0.6 is 11.8 Å². The van der Waals surface area contributed by atoms with E-state index >= 15 is 0 Å². The van der Waals surface area contributed by atoms with Crippen LogP contribution in [0, 0.1) is 0 Å².